The molecule has 2 heterocycles. The Hall–Kier alpha value is -1.63. The summed E-state index contributed by atoms with van der Waals surface area (Å²) in [5.41, 5.74) is 7.12. The lowest BCUT2D eigenvalue weighted by atomic mass is 9.99. The van der Waals surface area contributed by atoms with Crippen LogP contribution in [0.15, 0.2) is 24.3 Å². The lowest BCUT2D eigenvalue weighted by Crippen LogP contribution is -2.55. The van der Waals surface area contributed by atoms with E-state index in [1.54, 1.807) is 12.1 Å². The number of hydrogen-bond acceptors (Lipinski definition) is 5. The van der Waals surface area contributed by atoms with Gasteiger partial charge in [-0.05, 0) is 50.8 Å². The SMILES string of the molecule is C[C@@H]1CN(C2CCN(C(=O)[C@@H](N)Cc3ccc(O)cc3)CC2)C[C@H](C)O1. The summed E-state index contributed by atoms with van der Waals surface area (Å²) < 4.78 is 5.82. The van der Waals surface area contributed by atoms with Crippen LogP contribution in [0.3, 0.4) is 0 Å². The second-order valence-corrected chi connectivity index (χ2v) is 7.74. The molecule has 6 heteroatoms. The van der Waals surface area contributed by atoms with Gasteiger partial charge in [-0.2, -0.15) is 0 Å². The highest BCUT2D eigenvalue weighted by atomic mass is 16.5. The minimum atomic E-state index is -0.528. The van der Waals surface area contributed by atoms with Crippen molar-refractivity contribution in [1.82, 2.24) is 9.80 Å². The van der Waals surface area contributed by atoms with E-state index >= 15 is 0 Å². The molecule has 2 aliphatic rings. The molecule has 1 aromatic carbocycles. The molecule has 2 saturated heterocycles. The summed E-state index contributed by atoms with van der Waals surface area (Å²) in [7, 11) is 0. The number of morpholine rings is 1. The Bertz CT molecular complexity index is 589. The Morgan fingerprint density at radius 1 is 1.19 bits per heavy atom. The summed E-state index contributed by atoms with van der Waals surface area (Å²) >= 11 is 0. The molecular formula is C20H31N3O3. The normalized spacial score (nSPS) is 26.7. The van der Waals surface area contributed by atoms with Crippen LogP contribution in [0.5, 0.6) is 5.75 Å². The maximum atomic E-state index is 12.7. The third-order valence-electron chi connectivity index (χ3n) is 5.45. The summed E-state index contributed by atoms with van der Waals surface area (Å²) in [4.78, 5) is 17.1. The molecular weight excluding hydrogens is 330 g/mol. The third kappa shape index (κ3) is 4.75. The zero-order valence-electron chi connectivity index (χ0n) is 15.8. The summed E-state index contributed by atoms with van der Waals surface area (Å²) in [5, 5.41) is 9.35. The quantitative estimate of drug-likeness (QED) is 0.847. The van der Waals surface area contributed by atoms with Crippen molar-refractivity contribution in [3.8, 4) is 5.75 Å². The number of nitrogens with zero attached hydrogens (tertiary/aromatic N) is 2. The molecule has 0 saturated carbocycles. The first-order valence-electron chi connectivity index (χ1n) is 9.64. The largest absolute Gasteiger partial charge is 0.508 e. The molecule has 1 aromatic rings. The van der Waals surface area contributed by atoms with E-state index in [-0.39, 0.29) is 23.9 Å². The highest BCUT2D eigenvalue weighted by Crippen LogP contribution is 2.22. The van der Waals surface area contributed by atoms with Crippen LogP contribution in [0.2, 0.25) is 0 Å². The fourth-order valence-electron chi connectivity index (χ4n) is 4.17. The number of aromatic hydroxyl groups is 1. The molecule has 26 heavy (non-hydrogen) atoms. The van der Waals surface area contributed by atoms with E-state index in [4.69, 9.17) is 10.5 Å². The van der Waals surface area contributed by atoms with Gasteiger partial charge in [-0.15, -0.1) is 0 Å². The first kappa shape index (κ1) is 19.1. The zero-order chi connectivity index (χ0) is 18.7. The van der Waals surface area contributed by atoms with E-state index in [9.17, 15) is 9.90 Å². The minimum Gasteiger partial charge on any atom is -0.508 e. The van der Waals surface area contributed by atoms with Gasteiger partial charge in [0, 0.05) is 32.2 Å². The number of carbonyl (C=O) groups excluding carboxylic acids is 1. The second-order valence-electron chi connectivity index (χ2n) is 7.74. The number of amides is 1. The van der Waals surface area contributed by atoms with Gasteiger partial charge in [0.25, 0.3) is 0 Å². The molecule has 2 aliphatic heterocycles. The molecule has 0 spiro atoms. The van der Waals surface area contributed by atoms with Crippen LogP contribution in [0.25, 0.3) is 0 Å². The van der Waals surface area contributed by atoms with Crippen LogP contribution in [0.1, 0.15) is 32.3 Å². The van der Waals surface area contributed by atoms with Crippen molar-refractivity contribution in [3.63, 3.8) is 0 Å². The zero-order valence-corrected chi connectivity index (χ0v) is 15.8. The number of likely N-dealkylation sites (tertiary alicyclic amines) is 1. The summed E-state index contributed by atoms with van der Waals surface area (Å²) in [5.74, 6) is 0.253. The molecule has 0 aliphatic carbocycles. The van der Waals surface area contributed by atoms with Crippen LogP contribution in [0.4, 0.5) is 0 Å². The van der Waals surface area contributed by atoms with Gasteiger partial charge < -0.3 is 20.5 Å². The highest BCUT2D eigenvalue weighted by Gasteiger charge is 2.32. The van der Waals surface area contributed by atoms with Gasteiger partial charge in [-0.25, -0.2) is 0 Å². The van der Waals surface area contributed by atoms with Crippen molar-refractivity contribution < 1.29 is 14.6 Å². The van der Waals surface area contributed by atoms with Crippen molar-refractivity contribution in [1.29, 1.82) is 0 Å². The minimum absolute atomic E-state index is 0.0280. The van der Waals surface area contributed by atoms with Crippen LogP contribution < -0.4 is 5.73 Å². The first-order valence-corrected chi connectivity index (χ1v) is 9.64. The molecule has 0 aromatic heterocycles. The number of hydrogen-bond donors (Lipinski definition) is 2. The summed E-state index contributed by atoms with van der Waals surface area (Å²) in [6, 6.07) is 6.89. The van der Waals surface area contributed by atoms with Crippen LogP contribution in [0, 0.1) is 0 Å². The standard InChI is InChI=1S/C20H31N3O3/c1-14-12-23(13-15(2)26-14)17-7-9-22(10-8-17)20(25)19(21)11-16-3-5-18(24)6-4-16/h3-6,14-15,17,19,24H,7-13,21H2,1-2H3/t14-,15+,19-/m0/s1. The molecule has 0 bridgehead atoms. The van der Waals surface area contributed by atoms with Gasteiger partial charge in [0.2, 0.25) is 5.91 Å². The number of piperidine rings is 1. The Balaban J connectivity index is 1.49. The third-order valence-corrected chi connectivity index (χ3v) is 5.45. The predicted octanol–water partition coefficient (Wildman–Crippen LogP) is 1.36. The molecule has 3 rings (SSSR count). The first-order chi connectivity index (χ1) is 12.4. The van der Waals surface area contributed by atoms with Crippen molar-refractivity contribution in [3.05, 3.63) is 29.8 Å². The van der Waals surface area contributed by atoms with Gasteiger partial charge >= 0.3 is 0 Å². The smallest absolute Gasteiger partial charge is 0.239 e. The number of phenolic OH excluding ortho intramolecular Hbond substituents is 1. The molecule has 3 atom stereocenters. The van der Waals surface area contributed by atoms with Gasteiger partial charge in [0.15, 0.2) is 0 Å². The lowest BCUT2D eigenvalue weighted by Gasteiger charge is -2.43. The molecule has 144 valence electrons. The van der Waals surface area contributed by atoms with E-state index in [1.165, 1.54) is 0 Å². The monoisotopic (exact) mass is 361 g/mol. The van der Waals surface area contributed by atoms with Gasteiger partial charge in [-0.1, -0.05) is 12.1 Å². The molecule has 0 radical (unpaired) electrons. The Labute approximate surface area is 155 Å². The highest BCUT2D eigenvalue weighted by molar-refractivity contribution is 5.82. The van der Waals surface area contributed by atoms with E-state index in [2.05, 4.69) is 18.7 Å². The van der Waals surface area contributed by atoms with E-state index in [0.717, 1.165) is 44.6 Å². The van der Waals surface area contributed by atoms with Crippen molar-refractivity contribution >= 4 is 5.91 Å². The molecule has 6 nitrogen and oxygen atoms in total. The average molecular weight is 361 g/mol. The fourth-order valence-corrected chi connectivity index (χ4v) is 4.17. The summed E-state index contributed by atoms with van der Waals surface area (Å²) in [6.45, 7) is 7.75. The number of benzene rings is 1. The number of nitrogens with two attached hydrogens (primary N) is 1. The van der Waals surface area contributed by atoms with Crippen molar-refractivity contribution in [2.45, 2.75) is 57.4 Å². The van der Waals surface area contributed by atoms with Crippen LogP contribution in [-0.2, 0) is 16.0 Å². The maximum absolute atomic E-state index is 12.7. The van der Waals surface area contributed by atoms with Crippen LogP contribution >= 0.6 is 0 Å². The maximum Gasteiger partial charge on any atom is 0.239 e. The van der Waals surface area contributed by atoms with Crippen molar-refractivity contribution in [2.75, 3.05) is 26.2 Å². The summed E-state index contributed by atoms with van der Waals surface area (Å²) in [6.07, 6.45) is 3.04. The van der Waals surface area contributed by atoms with Gasteiger partial charge in [0.1, 0.15) is 5.75 Å². The Kier molecular flexibility index (Phi) is 6.16. The Morgan fingerprint density at radius 2 is 1.77 bits per heavy atom. The predicted molar refractivity (Wildman–Crippen MR) is 101 cm³/mol. The second kappa shape index (κ2) is 8.37. The Morgan fingerprint density at radius 3 is 2.35 bits per heavy atom. The fraction of sp³-hybridized carbons (Fsp3) is 0.650. The van der Waals surface area contributed by atoms with E-state index in [1.807, 2.05) is 17.0 Å². The van der Waals surface area contributed by atoms with Crippen molar-refractivity contribution in [2.24, 2.45) is 5.73 Å². The number of rotatable bonds is 4. The average Bonchev–Trinajstić information content (AvgIpc) is 2.62. The van der Waals surface area contributed by atoms with Gasteiger partial charge in [0.05, 0.1) is 18.2 Å². The topological polar surface area (TPSA) is 79.0 Å². The lowest BCUT2D eigenvalue weighted by molar-refractivity contribution is -0.135. The van der Waals surface area contributed by atoms with Crippen LogP contribution in [-0.4, -0.2) is 71.3 Å². The number of phenols is 1. The van der Waals surface area contributed by atoms with Gasteiger partial charge in [-0.3, -0.25) is 9.69 Å². The molecule has 3 N–H and O–H groups in total. The number of carbonyl (C=O) groups is 1. The molecule has 2 fully saturated rings. The van der Waals surface area contributed by atoms with E-state index in [0.29, 0.717) is 12.5 Å². The number of ether oxygens (including phenoxy) is 1. The molecule has 0 unspecified atom stereocenters. The van der Waals surface area contributed by atoms with E-state index < -0.39 is 6.04 Å². The molecule has 1 amide bonds.